The van der Waals surface area contributed by atoms with Crippen LogP contribution in [0.15, 0.2) is 47.7 Å². The number of anilines is 1. The van der Waals surface area contributed by atoms with Crippen molar-refractivity contribution in [2.75, 3.05) is 33.3 Å². The summed E-state index contributed by atoms with van der Waals surface area (Å²) in [5.74, 6) is 1.69. The summed E-state index contributed by atoms with van der Waals surface area (Å²) in [5, 5.41) is 3.26. The number of allylic oxidation sites excluding steroid dienone is 1. The molecule has 31 heavy (non-hydrogen) atoms. The standard InChI is InChI=1S/C23H25N3O5/c1-6-31-22(27)18-13(2)24-23-25-15-9-7-8-10-16(15)26(23)19(18)14-11-12-17(28-3)21(30-5)20(14)29-4/h7-12,19H,6H2,1-5H3,(H,24,25). The normalized spacial score (nSPS) is 15.3. The van der Waals surface area contributed by atoms with Crippen LogP contribution in [0.5, 0.6) is 17.2 Å². The second-order valence-corrected chi connectivity index (χ2v) is 7.00. The molecule has 0 spiro atoms. The maximum atomic E-state index is 13.1. The third-order valence-corrected chi connectivity index (χ3v) is 5.36. The minimum absolute atomic E-state index is 0.267. The van der Waals surface area contributed by atoms with E-state index in [9.17, 15) is 4.79 Å². The van der Waals surface area contributed by atoms with Gasteiger partial charge in [0.05, 0.1) is 50.6 Å². The van der Waals surface area contributed by atoms with Crippen LogP contribution in [0, 0.1) is 0 Å². The molecule has 0 amide bonds. The lowest BCUT2D eigenvalue weighted by molar-refractivity contribution is -0.139. The van der Waals surface area contributed by atoms with E-state index >= 15 is 0 Å². The Morgan fingerprint density at radius 1 is 1.06 bits per heavy atom. The quantitative estimate of drug-likeness (QED) is 0.602. The largest absolute Gasteiger partial charge is 0.493 e. The van der Waals surface area contributed by atoms with E-state index < -0.39 is 12.0 Å². The Bertz CT molecular complexity index is 1180. The SMILES string of the molecule is CCOC(=O)C1=C(C)Nc2nc3ccccc3n2C1c1ccc(OC)c(OC)c1OC. The Balaban J connectivity index is 2.05. The molecule has 1 unspecified atom stereocenters. The van der Waals surface area contributed by atoms with Crippen molar-refractivity contribution in [3.8, 4) is 17.2 Å². The number of para-hydroxylation sites is 2. The van der Waals surface area contributed by atoms with Crippen molar-refractivity contribution in [2.24, 2.45) is 0 Å². The number of hydrogen-bond acceptors (Lipinski definition) is 7. The van der Waals surface area contributed by atoms with Gasteiger partial charge in [-0.05, 0) is 38.1 Å². The van der Waals surface area contributed by atoms with Gasteiger partial charge in [0.2, 0.25) is 11.7 Å². The number of ether oxygens (including phenoxy) is 4. The number of carbonyl (C=O) groups excluding carboxylic acids is 1. The highest BCUT2D eigenvalue weighted by Gasteiger charge is 2.37. The molecule has 8 heteroatoms. The Hall–Kier alpha value is -3.68. The lowest BCUT2D eigenvalue weighted by Gasteiger charge is -2.31. The number of benzene rings is 2. The molecule has 1 aliphatic heterocycles. The average molecular weight is 423 g/mol. The van der Waals surface area contributed by atoms with Crippen molar-refractivity contribution in [3.63, 3.8) is 0 Å². The van der Waals surface area contributed by atoms with Crippen LogP contribution in [0.25, 0.3) is 11.0 Å². The van der Waals surface area contributed by atoms with Crippen molar-refractivity contribution < 1.29 is 23.7 Å². The van der Waals surface area contributed by atoms with Gasteiger partial charge in [0.1, 0.15) is 0 Å². The van der Waals surface area contributed by atoms with Crippen molar-refractivity contribution in [1.29, 1.82) is 0 Å². The number of nitrogens with zero attached hydrogens (tertiary/aromatic N) is 2. The van der Waals surface area contributed by atoms with Crippen LogP contribution in [0.4, 0.5) is 5.95 Å². The second kappa shape index (κ2) is 8.22. The zero-order chi connectivity index (χ0) is 22.1. The number of carbonyl (C=O) groups is 1. The third kappa shape index (κ3) is 3.24. The average Bonchev–Trinajstić information content (AvgIpc) is 3.14. The predicted octanol–water partition coefficient (Wildman–Crippen LogP) is 3.91. The van der Waals surface area contributed by atoms with E-state index in [-0.39, 0.29) is 6.61 Å². The van der Waals surface area contributed by atoms with Gasteiger partial charge in [-0.15, -0.1) is 0 Å². The molecule has 0 fully saturated rings. The van der Waals surface area contributed by atoms with E-state index in [0.29, 0.717) is 34.5 Å². The van der Waals surface area contributed by atoms with Gasteiger partial charge in [-0.3, -0.25) is 4.57 Å². The van der Waals surface area contributed by atoms with Crippen molar-refractivity contribution in [2.45, 2.75) is 19.9 Å². The number of rotatable bonds is 6. The van der Waals surface area contributed by atoms with E-state index in [4.69, 9.17) is 23.9 Å². The lowest BCUT2D eigenvalue weighted by atomic mass is 9.93. The first kappa shape index (κ1) is 20.6. The molecule has 1 aromatic heterocycles. The summed E-state index contributed by atoms with van der Waals surface area (Å²) >= 11 is 0. The van der Waals surface area contributed by atoms with Gasteiger partial charge < -0.3 is 24.3 Å². The molecule has 2 heterocycles. The molecule has 0 aliphatic carbocycles. The maximum Gasteiger partial charge on any atom is 0.338 e. The smallest absolute Gasteiger partial charge is 0.338 e. The second-order valence-electron chi connectivity index (χ2n) is 7.00. The van der Waals surface area contributed by atoms with Gasteiger partial charge in [-0.2, -0.15) is 0 Å². The summed E-state index contributed by atoms with van der Waals surface area (Å²) in [6.45, 7) is 3.90. The van der Waals surface area contributed by atoms with Crippen molar-refractivity contribution in [3.05, 3.63) is 53.2 Å². The van der Waals surface area contributed by atoms with Gasteiger partial charge in [-0.1, -0.05) is 12.1 Å². The molecule has 0 radical (unpaired) electrons. The number of fused-ring (bicyclic) bond motifs is 3. The highest BCUT2D eigenvalue weighted by atomic mass is 16.5. The molecular formula is C23H25N3O5. The fraction of sp³-hybridized carbons (Fsp3) is 0.304. The topological polar surface area (TPSA) is 83.8 Å². The molecule has 1 N–H and O–H groups in total. The molecule has 0 saturated carbocycles. The molecule has 1 aliphatic rings. The lowest BCUT2D eigenvalue weighted by Crippen LogP contribution is -2.29. The van der Waals surface area contributed by atoms with Gasteiger partial charge in [0.15, 0.2) is 11.5 Å². The summed E-state index contributed by atoms with van der Waals surface area (Å²) in [6, 6.07) is 10.9. The molecule has 2 aromatic carbocycles. The summed E-state index contributed by atoms with van der Waals surface area (Å²) in [4.78, 5) is 17.8. The Morgan fingerprint density at radius 3 is 2.48 bits per heavy atom. The maximum absolute atomic E-state index is 13.1. The minimum atomic E-state index is -0.544. The fourth-order valence-corrected chi connectivity index (χ4v) is 4.07. The number of nitrogens with one attached hydrogen (secondary N) is 1. The van der Waals surface area contributed by atoms with Gasteiger partial charge in [0, 0.05) is 11.3 Å². The van der Waals surface area contributed by atoms with E-state index in [1.54, 1.807) is 34.3 Å². The highest BCUT2D eigenvalue weighted by molar-refractivity contribution is 5.94. The highest BCUT2D eigenvalue weighted by Crippen LogP contribution is 2.48. The molecule has 8 nitrogen and oxygen atoms in total. The van der Waals surface area contributed by atoms with Crippen LogP contribution in [0.2, 0.25) is 0 Å². The zero-order valence-corrected chi connectivity index (χ0v) is 18.2. The Kier molecular flexibility index (Phi) is 5.46. The Morgan fingerprint density at radius 2 is 1.81 bits per heavy atom. The van der Waals surface area contributed by atoms with Crippen LogP contribution in [0.3, 0.4) is 0 Å². The summed E-state index contributed by atoms with van der Waals surface area (Å²) < 4.78 is 24.2. The molecule has 0 saturated heterocycles. The number of imidazole rings is 1. The van der Waals surface area contributed by atoms with Crippen LogP contribution in [0.1, 0.15) is 25.5 Å². The first-order valence-corrected chi connectivity index (χ1v) is 9.96. The van der Waals surface area contributed by atoms with Crippen molar-refractivity contribution >= 4 is 23.0 Å². The van der Waals surface area contributed by atoms with Crippen LogP contribution < -0.4 is 19.5 Å². The molecule has 1 atom stereocenters. The molecular weight excluding hydrogens is 398 g/mol. The molecule has 0 bridgehead atoms. The number of methoxy groups -OCH3 is 3. The number of hydrogen-bond donors (Lipinski definition) is 1. The fourth-order valence-electron chi connectivity index (χ4n) is 4.07. The number of esters is 1. The van der Waals surface area contributed by atoms with E-state index in [1.165, 1.54) is 0 Å². The predicted molar refractivity (Wildman–Crippen MR) is 117 cm³/mol. The van der Waals surface area contributed by atoms with E-state index in [1.807, 2.05) is 41.8 Å². The summed E-state index contributed by atoms with van der Waals surface area (Å²) in [5.41, 5.74) is 3.56. The molecule has 162 valence electrons. The number of aromatic nitrogens is 2. The van der Waals surface area contributed by atoms with Crippen molar-refractivity contribution in [1.82, 2.24) is 9.55 Å². The van der Waals surface area contributed by atoms with Gasteiger partial charge in [0.25, 0.3) is 0 Å². The van der Waals surface area contributed by atoms with Gasteiger partial charge in [-0.25, -0.2) is 9.78 Å². The molecule has 3 aromatic rings. The van der Waals surface area contributed by atoms with Crippen LogP contribution in [-0.2, 0) is 9.53 Å². The first-order valence-electron chi connectivity index (χ1n) is 9.96. The first-order chi connectivity index (χ1) is 15.0. The zero-order valence-electron chi connectivity index (χ0n) is 18.2. The minimum Gasteiger partial charge on any atom is -0.493 e. The van der Waals surface area contributed by atoms with Gasteiger partial charge >= 0.3 is 5.97 Å². The summed E-state index contributed by atoms with van der Waals surface area (Å²) in [7, 11) is 4.68. The third-order valence-electron chi connectivity index (χ3n) is 5.36. The van der Waals surface area contributed by atoms with Crippen LogP contribution >= 0.6 is 0 Å². The summed E-state index contributed by atoms with van der Waals surface area (Å²) in [6.07, 6.45) is 0. The monoisotopic (exact) mass is 423 g/mol. The van der Waals surface area contributed by atoms with E-state index in [2.05, 4.69) is 5.32 Å². The van der Waals surface area contributed by atoms with E-state index in [0.717, 1.165) is 16.6 Å². The molecule has 4 rings (SSSR count). The van der Waals surface area contributed by atoms with Crippen LogP contribution in [-0.4, -0.2) is 43.5 Å². The Labute approximate surface area is 180 Å².